The topological polar surface area (TPSA) is 61.4 Å². The highest BCUT2D eigenvalue weighted by Gasteiger charge is 2.23. The third kappa shape index (κ3) is 4.88. The lowest BCUT2D eigenvalue weighted by Gasteiger charge is -2.26. The molecule has 6 heteroatoms. The van der Waals surface area contributed by atoms with E-state index in [0.29, 0.717) is 12.3 Å². The normalized spacial score (nSPS) is 18.7. The van der Waals surface area contributed by atoms with Gasteiger partial charge >= 0.3 is 6.03 Å². The van der Waals surface area contributed by atoms with Gasteiger partial charge in [-0.3, -0.25) is 0 Å². The van der Waals surface area contributed by atoms with Crippen LogP contribution in [0.25, 0.3) is 0 Å². The van der Waals surface area contributed by atoms with Gasteiger partial charge in [-0.15, -0.1) is 11.8 Å². The number of urea groups is 1. The van der Waals surface area contributed by atoms with Gasteiger partial charge in [0.1, 0.15) is 5.82 Å². The predicted octanol–water partition coefficient (Wildman–Crippen LogP) is 3.07. The lowest BCUT2D eigenvalue weighted by atomic mass is 10.0. The predicted molar refractivity (Wildman–Crippen MR) is 86.5 cm³/mol. The molecule has 4 nitrogen and oxygen atoms in total. The summed E-state index contributed by atoms with van der Waals surface area (Å²) in [7, 11) is 0. The minimum atomic E-state index is -0.544. The van der Waals surface area contributed by atoms with Crippen molar-refractivity contribution in [2.24, 2.45) is 5.92 Å². The van der Waals surface area contributed by atoms with E-state index in [1.54, 1.807) is 17.8 Å². The molecule has 2 rings (SSSR count). The maximum atomic E-state index is 13.4. The Labute approximate surface area is 134 Å². The molecule has 0 saturated carbocycles. The Morgan fingerprint density at radius 1 is 1.50 bits per heavy atom. The second-order valence-corrected chi connectivity index (χ2v) is 7.15. The summed E-state index contributed by atoms with van der Waals surface area (Å²) in [6, 6.07) is 4.17. The first-order valence-electron chi connectivity index (χ1n) is 7.60. The molecule has 0 bridgehead atoms. The number of thioether (sulfide) groups is 1. The Bertz CT molecular complexity index is 525. The number of fused-ring (bicyclic) bond motifs is 1. The summed E-state index contributed by atoms with van der Waals surface area (Å²) in [6.45, 7) is 4.27. The molecule has 0 saturated heterocycles. The van der Waals surface area contributed by atoms with Gasteiger partial charge in [0.25, 0.3) is 0 Å². The van der Waals surface area contributed by atoms with Crippen molar-refractivity contribution in [3.05, 3.63) is 29.6 Å². The molecular weight excluding hydrogens is 303 g/mol. The van der Waals surface area contributed by atoms with E-state index in [4.69, 9.17) is 0 Å². The number of carbonyl (C=O) groups excluding carboxylic acids is 1. The van der Waals surface area contributed by atoms with Crippen LogP contribution in [0.4, 0.5) is 9.18 Å². The molecule has 0 radical (unpaired) electrons. The van der Waals surface area contributed by atoms with Crippen LogP contribution in [0.5, 0.6) is 0 Å². The highest BCUT2D eigenvalue weighted by atomic mass is 32.2. The van der Waals surface area contributed by atoms with Gasteiger partial charge in [-0.05, 0) is 42.5 Å². The van der Waals surface area contributed by atoms with Crippen LogP contribution < -0.4 is 10.6 Å². The van der Waals surface area contributed by atoms with E-state index in [0.717, 1.165) is 22.6 Å². The zero-order chi connectivity index (χ0) is 16.1. The summed E-state index contributed by atoms with van der Waals surface area (Å²) in [5.41, 5.74) is 0.828. The van der Waals surface area contributed by atoms with Gasteiger partial charge in [0, 0.05) is 17.2 Å². The second-order valence-electron chi connectivity index (χ2n) is 6.01. The quantitative estimate of drug-likeness (QED) is 0.779. The third-order valence-electron chi connectivity index (χ3n) is 3.56. The van der Waals surface area contributed by atoms with Crippen LogP contribution in [0.3, 0.4) is 0 Å². The van der Waals surface area contributed by atoms with Crippen LogP contribution in [0.2, 0.25) is 0 Å². The van der Waals surface area contributed by atoms with Crippen molar-refractivity contribution in [1.29, 1.82) is 0 Å². The lowest BCUT2D eigenvalue weighted by molar-refractivity contribution is 0.146. The Morgan fingerprint density at radius 2 is 2.27 bits per heavy atom. The molecule has 0 fully saturated rings. The molecule has 3 N–H and O–H groups in total. The number of nitrogens with one attached hydrogen (secondary N) is 2. The Balaban J connectivity index is 1.89. The highest BCUT2D eigenvalue weighted by Crippen LogP contribution is 2.36. The fraction of sp³-hybridized carbons (Fsp3) is 0.562. The first-order chi connectivity index (χ1) is 10.5. The van der Waals surface area contributed by atoms with E-state index >= 15 is 0 Å². The van der Waals surface area contributed by atoms with E-state index in [9.17, 15) is 14.3 Å². The molecule has 122 valence electrons. The van der Waals surface area contributed by atoms with Crippen molar-refractivity contribution in [2.75, 3.05) is 12.3 Å². The Kier molecular flexibility index (Phi) is 6.08. The van der Waals surface area contributed by atoms with Crippen LogP contribution in [0.1, 0.15) is 38.3 Å². The molecule has 1 aromatic carbocycles. The zero-order valence-electron chi connectivity index (χ0n) is 12.9. The summed E-state index contributed by atoms with van der Waals surface area (Å²) >= 11 is 1.67. The minimum Gasteiger partial charge on any atom is -0.391 e. The smallest absolute Gasteiger partial charge is 0.315 e. The van der Waals surface area contributed by atoms with E-state index < -0.39 is 6.10 Å². The maximum Gasteiger partial charge on any atom is 0.315 e. The Morgan fingerprint density at radius 3 is 3.00 bits per heavy atom. The molecule has 1 aromatic rings. The van der Waals surface area contributed by atoms with Crippen molar-refractivity contribution in [1.82, 2.24) is 10.6 Å². The maximum absolute atomic E-state index is 13.4. The Hall–Kier alpha value is -1.27. The average molecular weight is 326 g/mol. The first-order valence-corrected chi connectivity index (χ1v) is 8.59. The molecule has 0 spiro atoms. The standard InChI is InChI=1S/C16H23FN2O2S/c1-10(2)7-12(20)9-18-16(21)19-14-5-6-22-15-4-3-11(17)8-13(14)15/h3-4,8,10,12,14,20H,5-7,9H2,1-2H3,(H2,18,19,21). The van der Waals surface area contributed by atoms with Crippen LogP contribution >= 0.6 is 11.8 Å². The number of aliphatic hydroxyl groups is 1. The molecule has 2 unspecified atom stereocenters. The second kappa shape index (κ2) is 7.83. The SMILES string of the molecule is CC(C)CC(O)CNC(=O)NC1CCSc2ccc(F)cc21. The van der Waals surface area contributed by atoms with Gasteiger partial charge in [-0.25, -0.2) is 9.18 Å². The van der Waals surface area contributed by atoms with Crippen molar-refractivity contribution in [2.45, 2.75) is 43.7 Å². The van der Waals surface area contributed by atoms with Crippen molar-refractivity contribution in [3.63, 3.8) is 0 Å². The van der Waals surface area contributed by atoms with Gasteiger partial charge in [-0.1, -0.05) is 13.8 Å². The molecule has 2 amide bonds. The van der Waals surface area contributed by atoms with Crippen molar-refractivity contribution >= 4 is 17.8 Å². The number of carbonyl (C=O) groups is 1. The van der Waals surface area contributed by atoms with Crippen molar-refractivity contribution < 1.29 is 14.3 Å². The molecule has 0 aromatic heterocycles. The van der Waals surface area contributed by atoms with Gasteiger partial charge in [0.05, 0.1) is 12.1 Å². The number of amides is 2. The van der Waals surface area contributed by atoms with Crippen molar-refractivity contribution in [3.8, 4) is 0 Å². The molecule has 0 aliphatic carbocycles. The molecule has 1 heterocycles. The minimum absolute atomic E-state index is 0.186. The van der Waals surface area contributed by atoms with Crippen LogP contribution in [-0.4, -0.2) is 29.5 Å². The molecule has 22 heavy (non-hydrogen) atoms. The van der Waals surface area contributed by atoms with Gasteiger partial charge < -0.3 is 15.7 Å². The summed E-state index contributed by atoms with van der Waals surface area (Å²) in [5, 5.41) is 15.3. The van der Waals surface area contributed by atoms with Gasteiger partial charge in [0.2, 0.25) is 0 Å². The first kappa shape index (κ1) is 17.1. The molecular formula is C16H23FN2O2S. The highest BCUT2D eigenvalue weighted by molar-refractivity contribution is 7.99. The monoisotopic (exact) mass is 326 g/mol. The molecule has 1 aliphatic heterocycles. The van der Waals surface area contributed by atoms with E-state index in [-0.39, 0.29) is 24.4 Å². The van der Waals surface area contributed by atoms with Crippen LogP contribution in [0.15, 0.2) is 23.1 Å². The number of hydrogen-bond acceptors (Lipinski definition) is 3. The van der Waals surface area contributed by atoms with E-state index in [1.165, 1.54) is 12.1 Å². The summed E-state index contributed by atoms with van der Waals surface area (Å²) in [5.74, 6) is 0.977. The summed E-state index contributed by atoms with van der Waals surface area (Å²) < 4.78 is 13.4. The lowest BCUT2D eigenvalue weighted by Crippen LogP contribution is -2.42. The fourth-order valence-corrected chi connectivity index (χ4v) is 3.67. The van der Waals surface area contributed by atoms with Crippen LogP contribution in [0, 0.1) is 11.7 Å². The van der Waals surface area contributed by atoms with Crippen LogP contribution in [-0.2, 0) is 0 Å². The largest absolute Gasteiger partial charge is 0.391 e. The molecule has 1 aliphatic rings. The fourth-order valence-electron chi connectivity index (χ4n) is 2.56. The van der Waals surface area contributed by atoms with Gasteiger partial charge in [-0.2, -0.15) is 0 Å². The molecule has 2 atom stereocenters. The number of aliphatic hydroxyl groups excluding tert-OH is 1. The number of hydrogen-bond donors (Lipinski definition) is 3. The summed E-state index contributed by atoms with van der Waals surface area (Å²) in [6.07, 6.45) is 0.870. The van der Waals surface area contributed by atoms with Gasteiger partial charge in [0.15, 0.2) is 0 Å². The average Bonchev–Trinajstić information content (AvgIpc) is 2.45. The third-order valence-corrected chi connectivity index (χ3v) is 4.68. The number of rotatable bonds is 5. The van der Waals surface area contributed by atoms with E-state index in [1.807, 2.05) is 13.8 Å². The number of halogens is 1. The number of benzene rings is 1. The van der Waals surface area contributed by atoms with E-state index in [2.05, 4.69) is 10.6 Å². The summed E-state index contributed by atoms with van der Waals surface area (Å²) in [4.78, 5) is 13.0. The zero-order valence-corrected chi connectivity index (χ0v) is 13.8.